The molecule has 3 aromatic rings. The van der Waals surface area contributed by atoms with Crippen LogP contribution in [-0.4, -0.2) is 19.9 Å². The van der Waals surface area contributed by atoms with Crippen LogP contribution in [0.1, 0.15) is 0 Å². The largest absolute Gasteiger partial charge is 0.265 e. The maximum Gasteiger partial charge on any atom is 0.107 e. The van der Waals surface area contributed by atoms with Gasteiger partial charge in [0.05, 0.1) is 11.9 Å². The van der Waals surface area contributed by atoms with E-state index in [-0.39, 0.29) is 0 Å². The molecule has 0 fully saturated rings. The Morgan fingerprint density at radius 2 is 1.39 bits per heavy atom. The molecule has 0 spiro atoms. The molecule has 0 aliphatic rings. The average Bonchev–Trinajstić information content (AvgIpc) is 2.49. The minimum Gasteiger partial charge on any atom is -0.265 e. The summed E-state index contributed by atoms with van der Waals surface area (Å²) in [5.74, 6) is 0. The Balaban J connectivity index is 2.05. The van der Waals surface area contributed by atoms with Crippen LogP contribution in [0, 0.1) is 0 Å². The molecule has 0 aliphatic carbocycles. The summed E-state index contributed by atoms with van der Waals surface area (Å²) >= 11 is 0. The van der Waals surface area contributed by atoms with Crippen molar-refractivity contribution in [2.24, 2.45) is 0 Å². The fourth-order valence-corrected chi connectivity index (χ4v) is 1.73. The smallest absolute Gasteiger partial charge is 0.107 e. The quantitative estimate of drug-likeness (QED) is 0.684. The van der Waals surface area contributed by atoms with Gasteiger partial charge >= 0.3 is 0 Å². The highest BCUT2D eigenvalue weighted by Crippen LogP contribution is 2.22. The van der Waals surface area contributed by atoms with Gasteiger partial charge in [-0.25, -0.2) is 0 Å². The van der Waals surface area contributed by atoms with Crippen molar-refractivity contribution in [3.05, 3.63) is 61.4 Å². The molecule has 0 aromatic carbocycles. The third-order valence-corrected chi connectivity index (χ3v) is 2.60. The van der Waals surface area contributed by atoms with Gasteiger partial charge in [-0.1, -0.05) is 0 Å². The normalized spacial score (nSPS) is 10.2. The van der Waals surface area contributed by atoms with Crippen LogP contribution in [0.3, 0.4) is 0 Å². The van der Waals surface area contributed by atoms with Gasteiger partial charge < -0.3 is 0 Å². The van der Waals surface area contributed by atoms with Crippen molar-refractivity contribution in [3.63, 3.8) is 0 Å². The predicted molar refractivity (Wildman–Crippen MR) is 68.5 cm³/mol. The lowest BCUT2D eigenvalue weighted by Gasteiger charge is -2.03. The van der Waals surface area contributed by atoms with Gasteiger partial charge in [-0.15, -0.1) is 0 Å². The number of aromatic nitrogens is 4. The van der Waals surface area contributed by atoms with Gasteiger partial charge in [-0.2, -0.15) is 0 Å². The molecule has 4 nitrogen and oxygen atoms in total. The Bertz CT molecular complexity index is 583. The molecule has 18 heavy (non-hydrogen) atoms. The molecule has 86 valence electrons. The second kappa shape index (κ2) is 4.71. The number of rotatable bonds is 2. The van der Waals surface area contributed by atoms with E-state index >= 15 is 0 Å². The first-order chi connectivity index (χ1) is 8.93. The Labute approximate surface area is 104 Å². The van der Waals surface area contributed by atoms with E-state index in [4.69, 9.17) is 0 Å². The third kappa shape index (κ3) is 2.08. The second-order valence-electron chi connectivity index (χ2n) is 3.76. The summed E-state index contributed by atoms with van der Waals surface area (Å²) in [6, 6.07) is 7.90. The van der Waals surface area contributed by atoms with Gasteiger partial charge in [0.25, 0.3) is 0 Å². The maximum absolute atomic E-state index is 4.32. The van der Waals surface area contributed by atoms with Crippen LogP contribution in [0.15, 0.2) is 61.4 Å². The zero-order chi connectivity index (χ0) is 12.2. The first kappa shape index (κ1) is 10.5. The molecule has 3 rings (SSSR count). The van der Waals surface area contributed by atoms with Crippen LogP contribution in [0.25, 0.3) is 22.5 Å². The van der Waals surface area contributed by atoms with E-state index in [1.807, 2.05) is 24.3 Å². The maximum atomic E-state index is 4.32. The lowest BCUT2D eigenvalue weighted by Crippen LogP contribution is -1.88. The van der Waals surface area contributed by atoms with Crippen molar-refractivity contribution in [2.75, 3.05) is 0 Å². The Kier molecular flexibility index (Phi) is 2.75. The molecule has 0 saturated heterocycles. The molecule has 0 atom stereocenters. The highest BCUT2D eigenvalue weighted by molar-refractivity contribution is 5.68. The Morgan fingerprint density at radius 1 is 0.611 bits per heavy atom. The molecule has 3 heterocycles. The molecule has 4 heteroatoms. The third-order valence-electron chi connectivity index (χ3n) is 2.60. The van der Waals surface area contributed by atoms with Crippen LogP contribution in [0.2, 0.25) is 0 Å². The van der Waals surface area contributed by atoms with Crippen LogP contribution >= 0.6 is 0 Å². The van der Waals surface area contributed by atoms with Gasteiger partial charge in [-0.05, 0) is 35.4 Å². The highest BCUT2D eigenvalue weighted by Gasteiger charge is 2.03. The van der Waals surface area contributed by atoms with E-state index in [0.29, 0.717) is 0 Å². The van der Waals surface area contributed by atoms with E-state index in [1.165, 1.54) is 0 Å². The van der Waals surface area contributed by atoms with Crippen LogP contribution < -0.4 is 0 Å². The van der Waals surface area contributed by atoms with Crippen LogP contribution in [0.4, 0.5) is 0 Å². The van der Waals surface area contributed by atoms with E-state index in [2.05, 4.69) is 19.9 Å². The SMILES string of the molecule is c1cc(-c2ccnc(-c3cnccn3)c2)ccn1. The van der Waals surface area contributed by atoms with Gasteiger partial charge in [0.15, 0.2) is 0 Å². The molecule has 0 bridgehead atoms. The van der Waals surface area contributed by atoms with Gasteiger partial charge in [0.1, 0.15) is 5.69 Å². The van der Waals surface area contributed by atoms with Crippen molar-refractivity contribution >= 4 is 0 Å². The highest BCUT2D eigenvalue weighted by atomic mass is 14.8. The summed E-state index contributed by atoms with van der Waals surface area (Å²) in [5, 5.41) is 0. The lowest BCUT2D eigenvalue weighted by atomic mass is 10.1. The molecule has 3 aromatic heterocycles. The standard InChI is InChI=1S/C14H10N4/c1-4-15-5-2-11(1)12-3-6-17-13(9-12)14-10-16-7-8-18-14/h1-10H. The summed E-state index contributed by atoms with van der Waals surface area (Å²) in [5.41, 5.74) is 3.79. The minimum atomic E-state index is 0.772. The summed E-state index contributed by atoms with van der Waals surface area (Å²) in [4.78, 5) is 16.6. The summed E-state index contributed by atoms with van der Waals surface area (Å²) in [6.45, 7) is 0. The van der Waals surface area contributed by atoms with E-state index in [0.717, 1.165) is 22.5 Å². The number of hydrogen-bond donors (Lipinski definition) is 0. The topological polar surface area (TPSA) is 51.6 Å². The van der Waals surface area contributed by atoms with Gasteiger partial charge in [0.2, 0.25) is 0 Å². The van der Waals surface area contributed by atoms with Crippen molar-refractivity contribution in [2.45, 2.75) is 0 Å². The van der Waals surface area contributed by atoms with Crippen LogP contribution in [-0.2, 0) is 0 Å². The zero-order valence-electron chi connectivity index (χ0n) is 9.56. The number of nitrogens with zero attached hydrogens (tertiary/aromatic N) is 4. The van der Waals surface area contributed by atoms with E-state index < -0.39 is 0 Å². The number of pyridine rings is 2. The van der Waals surface area contributed by atoms with E-state index in [1.54, 1.807) is 37.2 Å². The van der Waals surface area contributed by atoms with Crippen molar-refractivity contribution in [1.82, 2.24) is 19.9 Å². The lowest BCUT2D eigenvalue weighted by molar-refractivity contribution is 1.18. The fourth-order valence-electron chi connectivity index (χ4n) is 1.73. The molecular formula is C14H10N4. The first-order valence-electron chi connectivity index (χ1n) is 5.56. The monoisotopic (exact) mass is 234 g/mol. The molecular weight excluding hydrogens is 224 g/mol. The molecule has 0 N–H and O–H groups in total. The summed E-state index contributed by atoms with van der Waals surface area (Å²) in [6.07, 6.45) is 10.3. The first-order valence-corrected chi connectivity index (χ1v) is 5.56. The minimum absolute atomic E-state index is 0.772. The van der Waals surface area contributed by atoms with Gasteiger partial charge in [0, 0.05) is 31.0 Å². The van der Waals surface area contributed by atoms with E-state index in [9.17, 15) is 0 Å². The average molecular weight is 234 g/mol. The Hall–Kier alpha value is -2.62. The second-order valence-corrected chi connectivity index (χ2v) is 3.76. The van der Waals surface area contributed by atoms with Gasteiger partial charge in [-0.3, -0.25) is 19.9 Å². The molecule has 0 unspecified atom stereocenters. The summed E-state index contributed by atoms with van der Waals surface area (Å²) < 4.78 is 0. The molecule has 0 amide bonds. The predicted octanol–water partition coefficient (Wildman–Crippen LogP) is 2.60. The number of hydrogen-bond acceptors (Lipinski definition) is 4. The Morgan fingerprint density at radius 3 is 2.17 bits per heavy atom. The van der Waals surface area contributed by atoms with Crippen molar-refractivity contribution in [3.8, 4) is 22.5 Å². The molecule has 0 radical (unpaired) electrons. The van der Waals surface area contributed by atoms with Crippen molar-refractivity contribution < 1.29 is 0 Å². The van der Waals surface area contributed by atoms with Crippen LogP contribution in [0.5, 0.6) is 0 Å². The summed E-state index contributed by atoms with van der Waals surface area (Å²) in [7, 11) is 0. The zero-order valence-corrected chi connectivity index (χ0v) is 9.56. The molecule has 0 saturated carbocycles. The van der Waals surface area contributed by atoms with Crippen molar-refractivity contribution in [1.29, 1.82) is 0 Å². The fraction of sp³-hybridized carbons (Fsp3) is 0. The molecule has 0 aliphatic heterocycles.